The van der Waals surface area contributed by atoms with Gasteiger partial charge in [0.15, 0.2) is 5.11 Å². The fraction of sp³-hybridized carbons (Fsp3) is 0.417. The fourth-order valence-electron chi connectivity index (χ4n) is 1.96. The van der Waals surface area contributed by atoms with E-state index >= 15 is 0 Å². The van der Waals surface area contributed by atoms with E-state index in [9.17, 15) is 0 Å². The van der Waals surface area contributed by atoms with Gasteiger partial charge in [0, 0.05) is 24.8 Å². The molecule has 1 aromatic rings. The molecule has 6 heteroatoms. The van der Waals surface area contributed by atoms with E-state index in [1.807, 2.05) is 18.2 Å². The summed E-state index contributed by atoms with van der Waals surface area (Å²) in [6.07, 6.45) is 0. The summed E-state index contributed by atoms with van der Waals surface area (Å²) < 4.78 is 10.8. The Morgan fingerprint density at radius 3 is 2.78 bits per heavy atom. The molecule has 0 bridgehead atoms. The van der Waals surface area contributed by atoms with E-state index in [4.69, 9.17) is 27.4 Å². The molecule has 1 saturated heterocycles. The number of benzene rings is 1. The zero-order valence-electron chi connectivity index (χ0n) is 10.3. The average molecular weight is 267 g/mol. The Kier molecular flexibility index (Phi) is 4.22. The smallest absolute Gasteiger partial charge is 0.168 e. The van der Waals surface area contributed by atoms with Crippen LogP contribution in [0.4, 0.5) is 11.4 Å². The summed E-state index contributed by atoms with van der Waals surface area (Å²) in [4.78, 5) is 2.24. The number of nitrogens with two attached hydrogens (primary N) is 1. The molecule has 1 heterocycles. The van der Waals surface area contributed by atoms with Gasteiger partial charge >= 0.3 is 0 Å². The number of anilines is 2. The lowest BCUT2D eigenvalue weighted by atomic mass is 10.2. The first-order valence-electron chi connectivity index (χ1n) is 5.78. The van der Waals surface area contributed by atoms with Gasteiger partial charge in [-0.05, 0) is 24.4 Å². The Morgan fingerprint density at radius 1 is 1.44 bits per heavy atom. The molecular weight excluding hydrogens is 250 g/mol. The highest BCUT2D eigenvalue weighted by atomic mass is 32.1. The molecule has 1 aliphatic rings. The summed E-state index contributed by atoms with van der Waals surface area (Å²) in [5.41, 5.74) is 7.34. The molecule has 18 heavy (non-hydrogen) atoms. The highest BCUT2D eigenvalue weighted by Gasteiger charge is 2.15. The summed E-state index contributed by atoms with van der Waals surface area (Å²) in [6.45, 7) is 3.24. The SMILES string of the molecule is COc1cc(NC(N)=S)ccc1N1CCOCC1. The Labute approximate surface area is 112 Å². The first-order chi connectivity index (χ1) is 8.70. The van der Waals surface area contributed by atoms with Crippen LogP contribution in [0.15, 0.2) is 18.2 Å². The molecule has 0 saturated carbocycles. The van der Waals surface area contributed by atoms with Crippen LogP contribution in [0.2, 0.25) is 0 Å². The lowest BCUT2D eigenvalue weighted by molar-refractivity contribution is 0.122. The molecule has 0 amide bonds. The summed E-state index contributed by atoms with van der Waals surface area (Å²) >= 11 is 4.81. The van der Waals surface area contributed by atoms with Crippen LogP contribution in [-0.2, 0) is 4.74 Å². The molecule has 1 aromatic carbocycles. The number of hydrogen-bond donors (Lipinski definition) is 2. The second-order valence-corrected chi connectivity index (χ2v) is 4.42. The topological polar surface area (TPSA) is 59.8 Å². The van der Waals surface area contributed by atoms with E-state index in [0.29, 0.717) is 0 Å². The van der Waals surface area contributed by atoms with Crippen molar-refractivity contribution in [2.24, 2.45) is 5.73 Å². The second-order valence-electron chi connectivity index (χ2n) is 3.98. The van der Waals surface area contributed by atoms with E-state index in [-0.39, 0.29) is 5.11 Å². The minimum Gasteiger partial charge on any atom is -0.495 e. The number of hydrogen-bond acceptors (Lipinski definition) is 4. The van der Waals surface area contributed by atoms with Crippen LogP contribution in [0.3, 0.4) is 0 Å². The predicted molar refractivity (Wildman–Crippen MR) is 76.4 cm³/mol. The largest absolute Gasteiger partial charge is 0.495 e. The van der Waals surface area contributed by atoms with E-state index < -0.39 is 0 Å². The van der Waals surface area contributed by atoms with Crippen molar-refractivity contribution in [2.75, 3.05) is 43.6 Å². The van der Waals surface area contributed by atoms with E-state index in [0.717, 1.165) is 43.4 Å². The van der Waals surface area contributed by atoms with Gasteiger partial charge in [0.25, 0.3) is 0 Å². The van der Waals surface area contributed by atoms with Crippen LogP contribution in [0.1, 0.15) is 0 Å². The third-order valence-corrected chi connectivity index (χ3v) is 2.90. The zero-order chi connectivity index (χ0) is 13.0. The number of thiocarbonyl (C=S) groups is 1. The highest BCUT2D eigenvalue weighted by Crippen LogP contribution is 2.31. The first-order valence-corrected chi connectivity index (χ1v) is 6.18. The molecule has 0 aliphatic carbocycles. The molecule has 0 radical (unpaired) electrons. The minimum atomic E-state index is 0.246. The van der Waals surface area contributed by atoms with Crippen molar-refractivity contribution in [2.45, 2.75) is 0 Å². The summed E-state index contributed by atoms with van der Waals surface area (Å²) in [5, 5.41) is 3.14. The van der Waals surface area contributed by atoms with Crippen molar-refractivity contribution in [1.29, 1.82) is 0 Å². The molecule has 0 atom stereocenters. The number of nitrogens with one attached hydrogen (secondary N) is 1. The third kappa shape index (κ3) is 3.02. The number of rotatable bonds is 3. The van der Waals surface area contributed by atoms with E-state index in [1.165, 1.54) is 0 Å². The fourth-order valence-corrected chi connectivity index (χ4v) is 2.08. The van der Waals surface area contributed by atoms with E-state index in [1.54, 1.807) is 7.11 Å². The molecule has 5 nitrogen and oxygen atoms in total. The van der Waals surface area contributed by atoms with Gasteiger partial charge < -0.3 is 25.4 Å². The van der Waals surface area contributed by atoms with Gasteiger partial charge in [-0.25, -0.2) is 0 Å². The van der Waals surface area contributed by atoms with Crippen molar-refractivity contribution < 1.29 is 9.47 Å². The van der Waals surface area contributed by atoms with Gasteiger partial charge in [-0.15, -0.1) is 0 Å². The quantitative estimate of drug-likeness (QED) is 0.802. The molecule has 3 N–H and O–H groups in total. The lowest BCUT2D eigenvalue weighted by Gasteiger charge is -2.30. The Balaban J connectivity index is 2.21. The Morgan fingerprint density at radius 2 is 2.17 bits per heavy atom. The van der Waals surface area contributed by atoms with Gasteiger partial charge in [0.05, 0.1) is 26.0 Å². The highest BCUT2D eigenvalue weighted by molar-refractivity contribution is 7.80. The first kappa shape index (κ1) is 12.9. The third-order valence-electron chi connectivity index (χ3n) is 2.80. The monoisotopic (exact) mass is 267 g/mol. The summed E-state index contributed by atoms with van der Waals surface area (Å²) in [6, 6.07) is 5.83. The van der Waals surface area contributed by atoms with Crippen LogP contribution in [-0.4, -0.2) is 38.5 Å². The van der Waals surface area contributed by atoms with Gasteiger partial charge in [-0.2, -0.15) is 0 Å². The molecule has 0 aromatic heterocycles. The van der Waals surface area contributed by atoms with E-state index in [2.05, 4.69) is 10.2 Å². The Hall–Kier alpha value is -1.53. The number of nitrogens with zero attached hydrogens (tertiary/aromatic N) is 1. The predicted octanol–water partition coefficient (Wildman–Crippen LogP) is 1.19. The molecule has 0 unspecified atom stereocenters. The standard InChI is InChI=1S/C12H17N3O2S/c1-16-11-8-9(14-12(13)18)2-3-10(11)15-4-6-17-7-5-15/h2-3,8H,4-7H2,1H3,(H3,13,14,18). The minimum absolute atomic E-state index is 0.246. The van der Waals surface area contributed by atoms with Crippen molar-refractivity contribution in [3.8, 4) is 5.75 Å². The molecule has 2 rings (SSSR count). The lowest BCUT2D eigenvalue weighted by Crippen LogP contribution is -2.36. The summed E-state index contributed by atoms with van der Waals surface area (Å²) in [7, 11) is 1.66. The molecule has 98 valence electrons. The van der Waals surface area contributed by atoms with Gasteiger partial charge in [0.1, 0.15) is 5.75 Å². The van der Waals surface area contributed by atoms with Crippen molar-refractivity contribution >= 4 is 28.7 Å². The Bertz CT molecular complexity index is 433. The van der Waals surface area contributed by atoms with Crippen molar-refractivity contribution in [3.05, 3.63) is 18.2 Å². The average Bonchev–Trinajstić information content (AvgIpc) is 2.39. The molecule has 0 spiro atoms. The van der Waals surface area contributed by atoms with Gasteiger partial charge in [-0.3, -0.25) is 0 Å². The summed E-state index contributed by atoms with van der Waals surface area (Å²) in [5.74, 6) is 0.804. The van der Waals surface area contributed by atoms with Crippen molar-refractivity contribution in [3.63, 3.8) is 0 Å². The maximum absolute atomic E-state index is 5.45. The maximum Gasteiger partial charge on any atom is 0.168 e. The molecular formula is C12H17N3O2S. The second kappa shape index (κ2) is 5.88. The number of methoxy groups -OCH3 is 1. The number of ether oxygens (including phenoxy) is 2. The maximum atomic E-state index is 5.45. The molecule has 1 aliphatic heterocycles. The van der Waals surface area contributed by atoms with Crippen molar-refractivity contribution in [1.82, 2.24) is 0 Å². The van der Waals surface area contributed by atoms with Gasteiger partial charge in [-0.1, -0.05) is 0 Å². The van der Waals surface area contributed by atoms with Crippen LogP contribution in [0.25, 0.3) is 0 Å². The van der Waals surface area contributed by atoms with Crippen LogP contribution in [0.5, 0.6) is 5.75 Å². The zero-order valence-corrected chi connectivity index (χ0v) is 11.1. The molecule has 1 fully saturated rings. The van der Waals surface area contributed by atoms with Crippen LogP contribution >= 0.6 is 12.2 Å². The number of morpholine rings is 1. The normalized spacial score (nSPS) is 15.3. The van der Waals surface area contributed by atoms with Crippen LogP contribution in [0, 0.1) is 0 Å². The van der Waals surface area contributed by atoms with Gasteiger partial charge in [0.2, 0.25) is 0 Å². The van der Waals surface area contributed by atoms with Crippen LogP contribution < -0.4 is 20.7 Å².